The van der Waals surface area contributed by atoms with Crippen molar-refractivity contribution in [1.29, 1.82) is 0 Å². The molecule has 25 heavy (non-hydrogen) atoms. The first-order valence-corrected chi connectivity index (χ1v) is 9.25. The number of hydrogen-bond acceptors (Lipinski definition) is 2. The summed E-state index contributed by atoms with van der Waals surface area (Å²) in [6.07, 6.45) is 8.05. The summed E-state index contributed by atoms with van der Waals surface area (Å²) >= 11 is 0. The van der Waals surface area contributed by atoms with Crippen LogP contribution in [0.3, 0.4) is 0 Å². The average molecular weight is 335 g/mol. The number of aliphatic imine (C=N–C) groups is 1. The molecule has 2 aromatic carbocycles. The Hall–Kier alpha value is -2.19. The van der Waals surface area contributed by atoms with Crippen LogP contribution in [0, 0.1) is 0 Å². The fourth-order valence-corrected chi connectivity index (χ4v) is 2.70. The largest absolute Gasteiger partial charge is 0.387 e. The van der Waals surface area contributed by atoms with E-state index in [1.165, 1.54) is 19.3 Å². The first-order chi connectivity index (χ1) is 12.2. The molecule has 2 atom stereocenters. The highest BCUT2D eigenvalue weighted by molar-refractivity contribution is 6.12. The van der Waals surface area contributed by atoms with E-state index >= 15 is 0 Å². The molecule has 2 nitrogen and oxygen atoms in total. The molecule has 0 heterocycles. The third-order valence-electron chi connectivity index (χ3n) is 4.23. The Morgan fingerprint density at radius 2 is 1.52 bits per heavy atom. The Balaban J connectivity index is 2.16. The maximum atomic E-state index is 10.4. The summed E-state index contributed by atoms with van der Waals surface area (Å²) in [6.45, 7) is 4.16. The molecule has 2 rings (SSSR count). The number of unbranched alkanes of at least 4 members (excludes halogenated alkanes) is 3. The Labute approximate surface area is 152 Å². The molecule has 0 fully saturated rings. The van der Waals surface area contributed by atoms with Crippen LogP contribution in [0.1, 0.15) is 50.7 Å². The van der Waals surface area contributed by atoms with E-state index in [4.69, 9.17) is 4.99 Å². The van der Waals surface area contributed by atoms with Gasteiger partial charge in [0.1, 0.15) is 0 Å². The summed E-state index contributed by atoms with van der Waals surface area (Å²) in [7, 11) is 0. The normalized spacial score (nSPS) is 13.6. The second-order valence-corrected chi connectivity index (χ2v) is 6.36. The van der Waals surface area contributed by atoms with E-state index in [0.717, 1.165) is 23.3 Å². The van der Waals surface area contributed by atoms with E-state index in [2.05, 4.69) is 37.3 Å². The van der Waals surface area contributed by atoms with Gasteiger partial charge in [0, 0.05) is 11.1 Å². The fourth-order valence-electron chi connectivity index (χ4n) is 2.70. The lowest BCUT2D eigenvalue weighted by Gasteiger charge is -2.15. The molecule has 0 bridgehead atoms. The van der Waals surface area contributed by atoms with Crippen molar-refractivity contribution >= 4 is 5.71 Å². The van der Waals surface area contributed by atoms with Crippen molar-refractivity contribution in [2.24, 2.45) is 4.99 Å². The molecule has 0 aliphatic rings. The van der Waals surface area contributed by atoms with Crippen LogP contribution in [0.4, 0.5) is 0 Å². The number of allylic oxidation sites excluding steroid dienone is 1. The van der Waals surface area contributed by atoms with Gasteiger partial charge in [0.25, 0.3) is 0 Å². The average Bonchev–Trinajstić information content (AvgIpc) is 2.67. The standard InChI is InChI=1S/C23H29NO/c1-3-4-5-6-13-18-22(25)19(2)24-23(20-14-9-7-10-15-20)21-16-11-8-12-17-21/h7-19,22,25H,3-6H2,1-2H3/b18-13+/t19-,22+/m1/s1. The van der Waals surface area contributed by atoms with Crippen molar-refractivity contribution in [3.63, 3.8) is 0 Å². The molecule has 132 valence electrons. The van der Waals surface area contributed by atoms with Crippen molar-refractivity contribution in [3.05, 3.63) is 83.9 Å². The lowest BCUT2D eigenvalue weighted by Crippen LogP contribution is -2.21. The van der Waals surface area contributed by atoms with Crippen LogP contribution in [0.5, 0.6) is 0 Å². The minimum atomic E-state index is -0.566. The van der Waals surface area contributed by atoms with Gasteiger partial charge in [-0.15, -0.1) is 0 Å². The van der Waals surface area contributed by atoms with E-state index < -0.39 is 6.10 Å². The molecule has 1 N–H and O–H groups in total. The number of rotatable bonds is 9. The van der Waals surface area contributed by atoms with Crippen LogP contribution < -0.4 is 0 Å². The molecular formula is C23H29NO. The van der Waals surface area contributed by atoms with Crippen LogP contribution in [0.2, 0.25) is 0 Å². The van der Waals surface area contributed by atoms with Crippen LogP contribution in [0.25, 0.3) is 0 Å². The van der Waals surface area contributed by atoms with E-state index in [-0.39, 0.29) is 6.04 Å². The first-order valence-electron chi connectivity index (χ1n) is 9.25. The Kier molecular flexibility index (Phi) is 8.14. The van der Waals surface area contributed by atoms with Gasteiger partial charge in [-0.2, -0.15) is 0 Å². The molecule has 0 aromatic heterocycles. The van der Waals surface area contributed by atoms with Gasteiger partial charge in [0.15, 0.2) is 0 Å². The van der Waals surface area contributed by atoms with Crippen molar-refractivity contribution in [3.8, 4) is 0 Å². The molecular weight excluding hydrogens is 306 g/mol. The molecule has 0 unspecified atom stereocenters. The predicted molar refractivity (Wildman–Crippen MR) is 107 cm³/mol. The molecule has 0 radical (unpaired) electrons. The molecule has 0 spiro atoms. The van der Waals surface area contributed by atoms with Crippen LogP contribution in [-0.4, -0.2) is 23.0 Å². The Morgan fingerprint density at radius 3 is 2.04 bits per heavy atom. The van der Waals surface area contributed by atoms with Crippen molar-refractivity contribution in [1.82, 2.24) is 0 Å². The fraction of sp³-hybridized carbons (Fsp3) is 0.348. The quantitative estimate of drug-likeness (QED) is 0.371. The number of hydrogen-bond donors (Lipinski definition) is 1. The van der Waals surface area contributed by atoms with Crippen LogP contribution >= 0.6 is 0 Å². The van der Waals surface area contributed by atoms with Crippen molar-refractivity contribution in [2.45, 2.75) is 51.7 Å². The second-order valence-electron chi connectivity index (χ2n) is 6.36. The smallest absolute Gasteiger partial charge is 0.0941 e. The van der Waals surface area contributed by atoms with Crippen molar-refractivity contribution in [2.75, 3.05) is 0 Å². The zero-order valence-corrected chi connectivity index (χ0v) is 15.3. The van der Waals surface area contributed by atoms with Gasteiger partial charge in [-0.1, -0.05) is 92.6 Å². The first kappa shape index (κ1) is 19.1. The highest BCUT2D eigenvalue weighted by Crippen LogP contribution is 2.14. The minimum absolute atomic E-state index is 0.196. The Morgan fingerprint density at radius 1 is 0.960 bits per heavy atom. The second kappa shape index (κ2) is 10.6. The lowest BCUT2D eigenvalue weighted by molar-refractivity contribution is 0.199. The van der Waals surface area contributed by atoms with E-state index in [9.17, 15) is 5.11 Å². The van der Waals surface area contributed by atoms with Gasteiger partial charge in [-0.05, 0) is 19.8 Å². The molecule has 0 aliphatic carbocycles. The van der Waals surface area contributed by atoms with Crippen molar-refractivity contribution < 1.29 is 5.11 Å². The predicted octanol–water partition coefficient (Wildman–Crippen LogP) is 5.41. The van der Waals surface area contributed by atoms with Gasteiger partial charge < -0.3 is 5.11 Å². The number of aliphatic hydroxyl groups excluding tert-OH is 1. The van der Waals surface area contributed by atoms with Crippen LogP contribution in [0.15, 0.2) is 77.8 Å². The zero-order chi connectivity index (χ0) is 17.9. The third kappa shape index (κ3) is 6.32. The topological polar surface area (TPSA) is 32.6 Å². The van der Waals surface area contributed by atoms with Gasteiger partial charge >= 0.3 is 0 Å². The molecule has 0 saturated carbocycles. The molecule has 0 aliphatic heterocycles. The monoisotopic (exact) mass is 335 g/mol. The van der Waals surface area contributed by atoms with E-state index in [1.807, 2.05) is 49.4 Å². The van der Waals surface area contributed by atoms with Gasteiger partial charge in [0.05, 0.1) is 17.9 Å². The maximum absolute atomic E-state index is 10.4. The summed E-state index contributed by atoms with van der Waals surface area (Å²) in [4.78, 5) is 4.85. The SMILES string of the molecule is CCCCC/C=C/[C@H](O)[C@@H](C)N=C(c1ccccc1)c1ccccc1. The number of nitrogens with zero attached hydrogens (tertiary/aromatic N) is 1. The maximum Gasteiger partial charge on any atom is 0.0941 e. The summed E-state index contributed by atoms with van der Waals surface area (Å²) in [5, 5.41) is 10.4. The third-order valence-corrected chi connectivity index (χ3v) is 4.23. The Bertz CT molecular complexity index is 620. The van der Waals surface area contributed by atoms with Gasteiger partial charge in [0.2, 0.25) is 0 Å². The molecule has 0 amide bonds. The summed E-state index contributed by atoms with van der Waals surface area (Å²) in [5.74, 6) is 0. The number of benzene rings is 2. The molecule has 2 aromatic rings. The van der Waals surface area contributed by atoms with E-state index in [1.54, 1.807) is 0 Å². The van der Waals surface area contributed by atoms with Gasteiger partial charge in [-0.25, -0.2) is 0 Å². The lowest BCUT2D eigenvalue weighted by atomic mass is 10.0. The summed E-state index contributed by atoms with van der Waals surface area (Å²) in [5.41, 5.74) is 3.06. The highest BCUT2D eigenvalue weighted by Gasteiger charge is 2.13. The number of aliphatic hydroxyl groups is 1. The minimum Gasteiger partial charge on any atom is -0.387 e. The molecule has 0 saturated heterocycles. The zero-order valence-electron chi connectivity index (χ0n) is 15.3. The van der Waals surface area contributed by atoms with Crippen LogP contribution in [-0.2, 0) is 0 Å². The van der Waals surface area contributed by atoms with Gasteiger partial charge in [-0.3, -0.25) is 4.99 Å². The highest BCUT2D eigenvalue weighted by atomic mass is 16.3. The summed E-state index contributed by atoms with van der Waals surface area (Å²) < 4.78 is 0. The molecule has 2 heteroatoms. The van der Waals surface area contributed by atoms with E-state index in [0.29, 0.717) is 0 Å². The summed E-state index contributed by atoms with van der Waals surface area (Å²) in [6, 6.07) is 20.1.